The molecule has 0 bridgehead atoms. The molecule has 3 heteroatoms. The van der Waals surface area contributed by atoms with Crippen LogP contribution in [0, 0.1) is 5.92 Å². The molecule has 0 radical (unpaired) electrons. The van der Waals surface area contributed by atoms with Crippen LogP contribution in [0.25, 0.3) is 0 Å². The van der Waals surface area contributed by atoms with Gasteiger partial charge in [-0.05, 0) is 31.6 Å². The second-order valence-corrected chi connectivity index (χ2v) is 5.35. The molecule has 2 aliphatic rings. The molecule has 2 fully saturated rings. The van der Waals surface area contributed by atoms with Gasteiger partial charge >= 0.3 is 0 Å². The van der Waals surface area contributed by atoms with Crippen LogP contribution in [-0.4, -0.2) is 29.9 Å². The van der Waals surface area contributed by atoms with Crippen LogP contribution in [-0.2, 0) is 4.79 Å². The van der Waals surface area contributed by atoms with Crippen LogP contribution < -0.4 is 5.73 Å². The minimum atomic E-state index is -0.540. The highest BCUT2D eigenvalue weighted by atomic mass is 16.2. The molecule has 2 rings (SSSR count). The average molecular weight is 210 g/mol. The van der Waals surface area contributed by atoms with Crippen molar-refractivity contribution in [3.8, 4) is 0 Å². The molecule has 0 aliphatic heterocycles. The van der Waals surface area contributed by atoms with E-state index in [4.69, 9.17) is 5.73 Å². The molecule has 0 spiro atoms. The molecule has 0 aromatic rings. The molecule has 0 aromatic heterocycles. The van der Waals surface area contributed by atoms with Crippen molar-refractivity contribution in [3.05, 3.63) is 0 Å². The van der Waals surface area contributed by atoms with Crippen LogP contribution in [0.5, 0.6) is 0 Å². The van der Waals surface area contributed by atoms with Gasteiger partial charge in [0.1, 0.15) is 0 Å². The molecule has 0 unspecified atom stereocenters. The molecule has 0 aromatic carbocycles. The lowest BCUT2D eigenvalue weighted by Gasteiger charge is -2.35. The van der Waals surface area contributed by atoms with Gasteiger partial charge in [-0.25, -0.2) is 0 Å². The number of hydrogen-bond donors (Lipinski definition) is 1. The zero-order valence-electron chi connectivity index (χ0n) is 9.67. The molecular weight excluding hydrogens is 188 g/mol. The first-order valence-electron chi connectivity index (χ1n) is 6.16. The third kappa shape index (κ3) is 2.51. The Balaban J connectivity index is 1.91. The van der Waals surface area contributed by atoms with Crippen LogP contribution in [0.2, 0.25) is 0 Å². The Morgan fingerprint density at radius 2 is 1.93 bits per heavy atom. The summed E-state index contributed by atoms with van der Waals surface area (Å²) in [5.74, 6) is 0.931. The molecule has 15 heavy (non-hydrogen) atoms. The van der Waals surface area contributed by atoms with Crippen molar-refractivity contribution in [2.75, 3.05) is 13.6 Å². The molecule has 0 saturated heterocycles. The highest BCUT2D eigenvalue weighted by Crippen LogP contribution is 2.32. The number of hydrogen-bond acceptors (Lipinski definition) is 2. The second kappa shape index (κ2) is 4.12. The summed E-state index contributed by atoms with van der Waals surface area (Å²) in [4.78, 5) is 14.0. The highest BCUT2D eigenvalue weighted by molar-refractivity contribution is 5.86. The number of carbonyl (C=O) groups is 1. The summed E-state index contributed by atoms with van der Waals surface area (Å²) in [6.45, 7) is 0.914. The van der Waals surface area contributed by atoms with Crippen molar-refractivity contribution in [1.82, 2.24) is 4.90 Å². The van der Waals surface area contributed by atoms with E-state index in [0.29, 0.717) is 0 Å². The maximum Gasteiger partial charge on any atom is 0.242 e. The van der Waals surface area contributed by atoms with E-state index in [9.17, 15) is 4.79 Å². The van der Waals surface area contributed by atoms with Gasteiger partial charge in [0.25, 0.3) is 0 Å². The minimum absolute atomic E-state index is 0.175. The van der Waals surface area contributed by atoms with E-state index in [1.807, 2.05) is 11.9 Å². The summed E-state index contributed by atoms with van der Waals surface area (Å²) in [6, 6.07) is 0. The van der Waals surface area contributed by atoms with E-state index in [0.717, 1.165) is 38.1 Å². The third-order valence-corrected chi connectivity index (χ3v) is 3.75. The van der Waals surface area contributed by atoms with Gasteiger partial charge in [0.2, 0.25) is 5.91 Å². The third-order valence-electron chi connectivity index (χ3n) is 3.75. The van der Waals surface area contributed by atoms with Crippen molar-refractivity contribution < 1.29 is 4.79 Å². The van der Waals surface area contributed by atoms with Crippen molar-refractivity contribution in [2.45, 2.75) is 50.5 Å². The lowest BCUT2D eigenvalue weighted by molar-refractivity contribution is -0.137. The Morgan fingerprint density at radius 1 is 1.33 bits per heavy atom. The minimum Gasteiger partial charge on any atom is -0.344 e. The Hall–Kier alpha value is -0.570. The molecule has 2 N–H and O–H groups in total. The molecule has 86 valence electrons. The maximum absolute atomic E-state index is 12.2. The standard InChI is InChI=1S/C12H22N2O/c1-14(9-10-5-6-10)11(15)12(13)7-3-2-4-8-12/h10H,2-9,13H2,1H3. The lowest BCUT2D eigenvalue weighted by Crippen LogP contribution is -2.55. The lowest BCUT2D eigenvalue weighted by atomic mass is 9.81. The van der Waals surface area contributed by atoms with E-state index in [1.54, 1.807) is 0 Å². The quantitative estimate of drug-likeness (QED) is 0.767. The predicted molar refractivity (Wildman–Crippen MR) is 60.4 cm³/mol. The number of likely N-dealkylation sites (N-methyl/N-ethyl adjacent to an activating group) is 1. The van der Waals surface area contributed by atoms with Crippen LogP contribution in [0.15, 0.2) is 0 Å². The normalized spacial score (nSPS) is 24.9. The fourth-order valence-electron chi connectivity index (χ4n) is 2.55. The van der Waals surface area contributed by atoms with Crippen LogP contribution in [0.4, 0.5) is 0 Å². The fourth-order valence-corrected chi connectivity index (χ4v) is 2.55. The maximum atomic E-state index is 12.2. The second-order valence-electron chi connectivity index (χ2n) is 5.35. The largest absolute Gasteiger partial charge is 0.344 e. The topological polar surface area (TPSA) is 46.3 Å². The molecular formula is C12H22N2O. The van der Waals surface area contributed by atoms with Crippen molar-refractivity contribution >= 4 is 5.91 Å². The van der Waals surface area contributed by atoms with Gasteiger partial charge in [-0.3, -0.25) is 4.79 Å². The first-order valence-corrected chi connectivity index (χ1v) is 6.16. The SMILES string of the molecule is CN(CC1CC1)C(=O)C1(N)CCCCC1. The number of nitrogens with zero attached hydrogens (tertiary/aromatic N) is 1. The molecule has 1 amide bonds. The summed E-state index contributed by atoms with van der Waals surface area (Å²) >= 11 is 0. The monoisotopic (exact) mass is 210 g/mol. The van der Waals surface area contributed by atoms with Gasteiger partial charge in [-0.2, -0.15) is 0 Å². The first kappa shape index (κ1) is 10.9. The van der Waals surface area contributed by atoms with Crippen molar-refractivity contribution in [3.63, 3.8) is 0 Å². The van der Waals surface area contributed by atoms with Gasteiger partial charge in [0.05, 0.1) is 5.54 Å². The zero-order chi connectivity index (χ0) is 10.9. The number of nitrogens with two attached hydrogens (primary N) is 1. The van der Waals surface area contributed by atoms with Crippen molar-refractivity contribution in [2.24, 2.45) is 11.7 Å². The number of carbonyl (C=O) groups excluding carboxylic acids is 1. The Morgan fingerprint density at radius 3 is 2.47 bits per heavy atom. The fraction of sp³-hybridized carbons (Fsp3) is 0.917. The van der Waals surface area contributed by atoms with Gasteiger partial charge in [-0.1, -0.05) is 19.3 Å². The smallest absolute Gasteiger partial charge is 0.242 e. The predicted octanol–water partition coefficient (Wildman–Crippen LogP) is 1.52. The average Bonchev–Trinajstić information content (AvgIpc) is 3.01. The molecule has 0 atom stereocenters. The number of rotatable bonds is 3. The van der Waals surface area contributed by atoms with Crippen LogP contribution in [0.1, 0.15) is 44.9 Å². The molecule has 2 saturated carbocycles. The van der Waals surface area contributed by atoms with E-state index in [-0.39, 0.29) is 5.91 Å². The first-order chi connectivity index (χ1) is 7.12. The molecule has 3 nitrogen and oxygen atoms in total. The summed E-state index contributed by atoms with van der Waals surface area (Å²) in [5, 5.41) is 0. The van der Waals surface area contributed by atoms with E-state index >= 15 is 0 Å². The van der Waals surface area contributed by atoms with E-state index < -0.39 is 5.54 Å². The summed E-state index contributed by atoms with van der Waals surface area (Å²) in [7, 11) is 1.91. The van der Waals surface area contributed by atoms with Gasteiger partial charge in [0, 0.05) is 13.6 Å². The van der Waals surface area contributed by atoms with Gasteiger partial charge in [-0.15, -0.1) is 0 Å². The van der Waals surface area contributed by atoms with E-state index in [2.05, 4.69) is 0 Å². The van der Waals surface area contributed by atoms with Gasteiger partial charge in [0.15, 0.2) is 0 Å². The highest BCUT2D eigenvalue weighted by Gasteiger charge is 2.38. The van der Waals surface area contributed by atoms with Crippen LogP contribution in [0.3, 0.4) is 0 Å². The Bertz CT molecular complexity index is 242. The van der Waals surface area contributed by atoms with E-state index in [1.165, 1.54) is 19.3 Å². The summed E-state index contributed by atoms with van der Waals surface area (Å²) in [6.07, 6.45) is 7.78. The Labute approximate surface area is 92.0 Å². The Kier molecular flexibility index (Phi) is 3.01. The summed E-state index contributed by atoms with van der Waals surface area (Å²) in [5.41, 5.74) is 5.67. The van der Waals surface area contributed by atoms with Gasteiger partial charge < -0.3 is 10.6 Å². The van der Waals surface area contributed by atoms with Crippen molar-refractivity contribution in [1.29, 1.82) is 0 Å². The molecule has 0 heterocycles. The zero-order valence-corrected chi connectivity index (χ0v) is 9.67. The van der Waals surface area contributed by atoms with Crippen LogP contribution >= 0.6 is 0 Å². The summed E-state index contributed by atoms with van der Waals surface area (Å²) < 4.78 is 0. The number of amides is 1. The molecule has 2 aliphatic carbocycles.